The maximum atomic E-state index is 12.7. The summed E-state index contributed by atoms with van der Waals surface area (Å²) in [5.74, 6) is -0.276. The Bertz CT molecular complexity index is 981. The summed E-state index contributed by atoms with van der Waals surface area (Å²) in [5, 5.41) is 3.73. The fourth-order valence-electron chi connectivity index (χ4n) is 2.71. The molecule has 1 aliphatic heterocycles. The van der Waals surface area contributed by atoms with E-state index in [9.17, 15) is 9.59 Å². The van der Waals surface area contributed by atoms with Gasteiger partial charge in [-0.15, -0.1) is 0 Å². The number of para-hydroxylation sites is 1. The maximum absolute atomic E-state index is 12.7. The number of rotatable bonds is 1. The van der Waals surface area contributed by atoms with E-state index < -0.39 is 6.17 Å². The number of nitrogens with zero attached hydrogens (tertiary/aromatic N) is 2. The lowest BCUT2D eigenvalue weighted by Gasteiger charge is -2.15. The Morgan fingerprint density at radius 2 is 1.77 bits per heavy atom. The van der Waals surface area contributed by atoms with Gasteiger partial charge in [-0.1, -0.05) is 41.9 Å². The van der Waals surface area contributed by atoms with Gasteiger partial charge < -0.3 is 5.32 Å². The van der Waals surface area contributed by atoms with Gasteiger partial charge in [0.25, 0.3) is 11.5 Å². The number of nitrogens with one attached hydrogen (secondary N) is 1. The first-order chi connectivity index (χ1) is 10.7. The van der Waals surface area contributed by atoms with Crippen molar-refractivity contribution in [3.63, 3.8) is 0 Å². The van der Waals surface area contributed by atoms with E-state index in [2.05, 4.69) is 10.3 Å². The second kappa shape index (κ2) is 4.68. The molecule has 108 valence electrons. The Labute approximate surface area is 130 Å². The molecule has 1 aliphatic rings. The van der Waals surface area contributed by atoms with E-state index >= 15 is 0 Å². The van der Waals surface area contributed by atoms with Crippen molar-refractivity contribution in [2.24, 2.45) is 0 Å². The van der Waals surface area contributed by atoms with Gasteiger partial charge in [0.2, 0.25) is 5.82 Å². The highest BCUT2D eigenvalue weighted by Crippen LogP contribution is 2.27. The first kappa shape index (κ1) is 13.0. The van der Waals surface area contributed by atoms with Gasteiger partial charge in [0.1, 0.15) is 6.17 Å². The highest BCUT2D eigenvalue weighted by atomic mass is 35.5. The topological polar surface area (TPSA) is 64.0 Å². The predicted molar refractivity (Wildman–Crippen MR) is 83.1 cm³/mol. The number of fused-ring (bicyclic) bond motifs is 2. The van der Waals surface area contributed by atoms with Gasteiger partial charge in [-0.3, -0.25) is 14.2 Å². The lowest BCUT2D eigenvalue weighted by atomic mass is 10.1. The molecule has 0 radical (unpaired) electrons. The molecule has 3 aromatic rings. The molecule has 0 bridgehead atoms. The standard InChI is InChI=1S/C16H10ClN3O2/c17-11-7-3-1-5-9(11)13-19-15(21)14-18-12-8-4-2-6-10(12)16(22)20(13)14/h1-8,13H,(H,19,21)/t13-/m0/s1. The number of hydrogen-bond acceptors (Lipinski definition) is 3. The molecule has 2 aromatic carbocycles. The molecule has 0 saturated carbocycles. The third-order valence-electron chi connectivity index (χ3n) is 3.74. The van der Waals surface area contributed by atoms with Crippen molar-refractivity contribution in [2.75, 3.05) is 0 Å². The first-order valence-electron chi connectivity index (χ1n) is 6.73. The summed E-state index contributed by atoms with van der Waals surface area (Å²) in [7, 11) is 0. The zero-order valence-corrected chi connectivity index (χ0v) is 12.0. The van der Waals surface area contributed by atoms with Crippen LogP contribution in [-0.2, 0) is 0 Å². The van der Waals surface area contributed by atoms with Gasteiger partial charge in [0, 0.05) is 10.6 Å². The molecule has 1 aromatic heterocycles. The number of carbonyl (C=O) groups is 1. The average molecular weight is 312 g/mol. The number of hydrogen-bond donors (Lipinski definition) is 1. The summed E-state index contributed by atoms with van der Waals surface area (Å²) in [6.45, 7) is 0. The second-order valence-electron chi connectivity index (χ2n) is 5.03. The van der Waals surface area contributed by atoms with E-state index in [-0.39, 0.29) is 17.3 Å². The highest BCUT2D eigenvalue weighted by Gasteiger charge is 2.33. The van der Waals surface area contributed by atoms with E-state index in [0.29, 0.717) is 21.5 Å². The van der Waals surface area contributed by atoms with Crippen LogP contribution in [0.5, 0.6) is 0 Å². The van der Waals surface area contributed by atoms with Gasteiger partial charge >= 0.3 is 0 Å². The molecule has 0 spiro atoms. The van der Waals surface area contributed by atoms with E-state index in [1.807, 2.05) is 6.07 Å². The van der Waals surface area contributed by atoms with Crippen LogP contribution in [0.15, 0.2) is 53.3 Å². The van der Waals surface area contributed by atoms with Crippen LogP contribution in [0, 0.1) is 0 Å². The highest BCUT2D eigenvalue weighted by molar-refractivity contribution is 6.31. The van der Waals surface area contributed by atoms with Crippen molar-refractivity contribution in [3.8, 4) is 0 Å². The Kier molecular flexibility index (Phi) is 2.77. The van der Waals surface area contributed by atoms with Gasteiger partial charge in [-0.2, -0.15) is 0 Å². The van der Waals surface area contributed by atoms with E-state index in [0.717, 1.165) is 0 Å². The number of carbonyl (C=O) groups excluding carboxylic acids is 1. The Hall–Kier alpha value is -2.66. The zero-order chi connectivity index (χ0) is 15.3. The van der Waals surface area contributed by atoms with Crippen molar-refractivity contribution in [1.82, 2.24) is 14.9 Å². The second-order valence-corrected chi connectivity index (χ2v) is 5.43. The molecule has 0 unspecified atom stereocenters. The number of aromatic nitrogens is 2. The fraction of sp³-hybridized carbons (Fsp3) is 0.0625. The molecule has 22 heavy (non-hydrogen) atoms. The van der Waals surface area contributed by atoms with E-state index in [1.165, 1.54) is 4.57 Å². The van der Waals surface area contributed by atoms with Gasteiger partial charge in [0.05, 0.1) is 10.9 Å². The summed E-state index contributed by atoms with van der Waals surface area (Å²) < 4.78 is 1.37. The van der Waals surface area contributed by atoms with Crippen molar-refractivity contribution in [2.45, 2.75) is 6.17 Å². The van der Waals surface area contributed by atoms with Crippen LogP contribution in [0.2, 0.25) is 5.02 Å². The summed E-state index contributed by atoms with van der Waals surface area (Å²) in [6.07, 6.45) is -0.638. The number of benzene rings is 2. The van der Waals surface area contributed by atoms with Crippen LogP contribution in [0.1, 0.15) is 22.3 Å². The molecule has 6 heteroatoms. The quantitative estimate of drug-likeness (QED) is 0.750. The minimum atomic E-state index is -0.638. The Balaban J connectivity index is 2.04. The molecule has 1 atom stereocenters. The molecular weight excluding hydrogens is 302 g/mol. The van der Waals surface area contributed by atoms with Crippen molar-refractivity contribution >= 4 is 28.4 Å². The summed E-state index contributed by atoms with van der Waals surface area (Å²) >= 11 is 6.20. The zero-order valence-electron chi connectivity index (χ0n) is 11.3. The van der Waals surface area contributed by atoms with Gasteiger partial charge in [-0.05, 0) is 18.2 Å². The van der Waals surface area contributed by atoms with Crippen LogP contribution in [0.3, 0.4) is 0 Å². The first-order valence-corrected chi connectivity index (χ1v) is 7.11. The average Bonchev–Trinajstić information content (AvgIpc) is 2.85. The molecule has 0 saturated heterocycles. The predicted octanol–water partition coefficient (Wildman–Crippen LogP) is 2.34. The molecule has 0 aliphatic carbocycles. The SMILES string of the molecule is O=C1N[C@H](c2ccccc2Cl)n2c1nc1ccccc1c2=O. The lowest BCUT2D eigenvalue weighted by Crippen LogP contribution is -2.29. The van der Waals surface area contributed by atoms with Crippen molar-refractivity contribution in [3.05, 3.63) is 75.3 Å². The van der Waals surface area contributed by atoms with Crippen LogP contribution >= 0.6 is 11.6 Å². The third-order valence-corrected chi connectivity index (χ3v) is 4.08. The smallest absolute Gasteiger partial charge is 0.289 e. The third kappa shape index (κ3) is 1.76. The van der Waals surface area contributed by atoms with Gasteiger partial charge in [-0.25, -0.2) is 4.98 Å². The molecule has 0 fully saturated rings. The lowest BCUT2D eigenvalue weighted by molar-refractivity contribution is 0.0956. The number of halogens is 1. The fourth-order valence-corrected chi connectivity index (χ4v) is 2.95. The van der Waals surface area contributed by atoms with E-state index in [1.54, 1.807) is 42.5 Å². The summed E-state index contributed by atoms with van der Waals surface area (Å²) in [5.41, 5.74) is 0.910. The summed E-state index contributed by atoms with van der Waals surface area (Å²) in [6, 6.07) is 14.1. The molecule has 2 heterocycles. The van der Waals surface area contributed by atoms with Crippen molar-refractivity contribution < 1.29 is 4.79 Å². The molecule has 1 amide bonds. The van der Waals surface area contributed by atoms with Crippen LogP contribution in [0.25, 0.3) is 10.9 Å². The number of amides is 1. The minimum Gasteiger partial charge on any atom is -0.325 e. The van der Waals surface area contributed by atoms with Crippen LogP contribution < -0.4 is 10.9 Å². The largest absolute Gasteiger partial charge is 0.325 e. The Morgan fingerprint density at radius 1 is 1.05 bits per heavy atom. The summed E-state index contributed by atoms with van der Waals surface area (Å²) in [4.78, 5) is 29.2. The normalized spacial score (nSPS) is 16.6. The monoisotopic (exact) mass is 311 g/mol. The Morgan fingerprint density at radius 3 is 2.59 bits per heavy atom. The molecule has 4 rings (SSSR count). The van der Waals surface area contributed by atoms with Crippen molar-refractivity contribution in [1.29, 1.82) is 0 Å². The van der Waals surface area contributed by atoms with Gasteiger partial charge in [0.15, 0.2) is 0 Å². The van der Waals surface area contributed by atoms with Crippen LogP contribution in [-0.4, -0.2) is 15.5 Å². The minimum absolute atomic E-state index is 0.105. The molecule has 5 nitrogen and oxygen atoms in total. The van der Waals surface area contributed by atoms with E-state index in [4.69, 9.17) is 11.6 Å². The molecular formula is C16H10ClN3O2. The maximum Gasteiger partial charge on any atom is 0.289 e. The molecule has 1 N–H and O–H groups in total. The van der Waals surface area contributed by atoms with Crippen LogP contribution in [0.4, 0.5) is 0 Å².